The van der Waals surface area contributed by atoms with Crippen molar-refractivity contribution >= 4 is 20.4 Å². The third kappa shape index (κ3) is 15.7. The third-order valence-corrected chi connectivity index (χ3v) is 36.8. The third-order valence-electron chi connectivity index (χ3n) is 36.8. The lowest BCUT2D eigenvalue weighted by atomic mass is 9.39. The second-order valence-corrected chi connectivity index (χ2v) is 40.8. The van der Waals surface area contributed by atoms with E-state index < -0.39 is 54.7 Å². The maximum atomic E-state index is 13.8. The Morgan fingerprint density at radius 1 is 0.500 bits per heavy atom. The van der Waals surface area contributed by atoms with E-state index in [-0.39, 0.29) is 115 Å². The summed E-state index contributed by atoms with van der Waals surface area (Å²) in [6.45, 7) is 37.4. The van der Waals surface area contributed by atoms with Gasteiger partial charge in [-0.3, -0.25) is 14.0 Å². The minimum absolute atomic E-state index is 0. The number of halogens is 2. The van der Waals surface area contributed by atoms with E-state index in [0.29, 0.717) is 121 Å². The quantitative estimate of drug-likeness (QED) is 0.0279. The Morgan fingerprint density at radius 3 is 1.30 bits per heavy atom. The predicted molar refractivity (Wildman–Crippen MR) is 420 cm³/mol. The van der Waals surface area contributed by atoms with Crippen molar-refractivity contribution in [1.29, 1.82) is 0 Å². The van der Waals surface area contributed by atoms with Gasteiger partial charge in [-0.1, -0.05) is 143 Å². The monoisotopic (exact) mass is 1520 g/mol. The largest absolute Gasteiger partial charge is 0.629 e. The lowest BCUT2D eigenvalue weighted by molar-refractivity contribution is -0.351. The second kappa shape index (κ2) is 36.2. The Kier molecular flexibility index (Phi) is 30.1. The SMILES string of the molecule is CC[C@H]1[C@@H](O)C2C3CC[C@H]([C@H](C)CC(CF)=C([O-])O)[C@@]3(C)[C@@H](O)CC2[C@@]2(C)CC[C@@H](O)C[C@@H]12.CC[C@H]1[C@@H](OCOC)C2C3CC[C@H]([C@H](C)CC(CF)C(=O)OC)[C@@]3(C)[C@@H](C)CC2[C@@]2(C)CC[C@@H](C)C[C@@H]12.CC[C@H]1[C@@H](OCOC)C2C3CC[C@H]([C@H](C)CC(CO)C(=O)OC)[C@@]3(C)[C@@H](C)CC2[C@@]2(C)CC[C@@H](C)C[C@@H]12.[B]. The van der Waals surface area contributed by atoms with Gasteiger partial charge in [-0.2, -0.15) is 0 Å². The number of ether oxygens (including phenoxy) is 6. The number of aliphatic hydroxyl groups is 5. The first-order chi connectivity index (χ1) is 50.6. The topological polar surface area (TPSA) is 214 Å². The van der Waals surface area contributed by atoms with Crippen molar-refractivity contribution < 1.29 is 77.4 Å². The van der Waals surface area contributed by atoms with Crippen molar-refractivity contribution in [2.45, 2.75) is 295 Å². The molecule has 0 aromatic carbocycles. The lowest BCUT2D eigenvalue weighted by Gasteiger charge is -2.67. The van der Waals surface area contributed by atoms with Crippen LogP contribution < -0.4 is 5.11 Å². The van der Waals surface area contributed by atoms with Gasteiger partial charge in [0.25, 0.3) is 0 Å². The van der Waals surface area contributed by atoms with Crippen molar-refractivity contribution in [3.8, 4) is 0 Å². The predicted octanol–water partition coefficient (Wildman–Crippen LogP) is 17.4. The minimum atomic E-state index is -1.17. The van der Waals surface area contributed by atoms with Crippen LogP contribution in [0, 0.1) is 192 Å². The number of fused-ring (bicyclic) bond motifs is 15. The number of hydrogen-bond donors (Lipinski definition) is 5. The minimum Gasteiger partial charge on any atom is -0.629 e. The van der Waals surface area contributed by atoms with E-state index in [1.54, 1.807) is 14.2 Å². The molecular weight excluding hydrogens is 1370 g/mol. The molecule has 0 aromatic rings. The van der Waals surface area contributed by atoms with Gasteiger partial charge < -0.3 is 59.1 Å². The van der Waals surface area contributed by atoms with Gasteiger partial charge in [0.2, 0.25) is 0 Å². The number of rotatable bonds is 23. The average molecular weight is 1520 g/mol. The first-order valence-corrected chi connectivity index (χ1v) is 43.9. The molecule has 14 nitrogen and oxygen atoms in total. The van der Waals surface area contributed by atoms with E-state index in [1.165, 1.54) is 104 Å². The van der Waals surface area contributed by atoms with Gasteiger partial charge in [0.1, 0.15) is 26.9 Å². The number of alkyl halides is 2. The molecule has 0 aromatic heterocycles. The molecule has 12 saturated carbocycles. The molecule has 0 aliphatic heterocycles. The highest BCUT2D eigenvalue weighted by Gasteiger charge is 2.71. The van der Waals surface area contributed by atoms with Crippen LogP contribution >= 0.6 is 0 Å². The highest BCUT2D eigenvalue weighted by Crippen LogP contribution is 2.75. The van der Waals surface area contributed by atoms with Crippen LogP contribution in [-0.4, -0.2) is 138 Å². The molecule has 11 unspecified atom stereocenters. The summed E-state index contributed by atoms with van der Waals surface area (Å²) in [6, 6.07) is 0. The zero-order valence-corrected chi connectivity index (χ0v) is 71.2. The molecule has 0 spiro atoms. The van der Waals surface area contributed by atoms with Gasteiger partial charge >= 0.3 is 11.9 Å². The smallest absolute Gasteiger partial charge is 0.311 e. The molecule has 0 amide bonds. The molecule has 12 aliphatic carbocycles. The summed E-state index contributed by atoms with van der Waals surface area (Å²) in [4.78, 5) is 24.5. The fourth-order valence-electron chi connectivity index (χ4n) is 31.3. The normalized spacial score (nSPS) is 47.8. The van der Waals surface area contributed by atoms with Gasteiger partial charge in [0.05, 0.1) is 69.1 Å². The maximum Gasteiger partial charge on any atom is 0.311 e. The standard InChI is InChI=1S/C32H55FO4.C32H56O5.C27H45FO5.B/c2*1-9-23-26-14-19(2)12-13-31(26,5)27-16-21(4)32(6)24(20(3)15-22(17-33)30(34)36-8)10-11-25(32)28(27)29(23)37-18-35-7;1-5-17-20-11-16(29)8-9-26(20,3)21-12-22(30)27(4)18(6-7-19(27)23(21)24(17)31)14(2)10-15(13-28)25(32)33;/h19-29H,9-18H2,1-8H3;19-29,33H,9-18H2,1-8H3;14,16-24,29-33H,5-13H2,1-4H3;/p-1/t2*19-,20-,21+,22?,23-,24-,25?,26+,27?,28?,29-,31+,32-;14-,16-,17-,18-,19?,20+,21?,22+,23?,24-,26+,27-;/m111./s1. The molecule has 621 valence electrons. The number of hydrogen-bond acceptors (Lipinski definition) is 14. The lowest BCUT2D eigenvalue weighted by Crippen LogP contribution is -2.65. The van der Waals surface area contributed by atoms with E-state index in [0.717, 1.165) is 62.2 Å². The van der Waals surface area contributed by atoms with Crippen molar-refractivity contribution in [3.63, 3.8) is 0 Å². The number of methoxy groups -OCH3 is 4. The van der Waals surface area contributed by atoms with Crippen LogP contribution in [0.5, 0.6) is 0 Å². The molecule has 0 heterocycles. The van der Waals surface area contributed by atoms with Crippen LogP contribution in [0.1, 0.15) is 265 Å². The van der Waals surface area contributed by atoms with Crippen molar-refractivity contribution in [2.75, 3.05) is 62.0 Å². The Balaban J connectivity index is 0.000000186. The Hall–Kier alpha value is -2.12. The molecule has 12 aliphatic rings. The van der Waals surface area contributed by atoms with Crippen LogP contribution in [-0.2, 0) is 38.0 Å². The van der Waals surface area contributed by atoms with Gasteiger partial charge in [0.15, 0.2) is 0 Å². The molecule has 0 saturated heterocycles. The summed E-state index contributed by atoms with van der Waals surface area (Å²) in [6.07, 6.45) is 24.4. The van der Waals surface area contributed by atoms with E-state index in [1.807, 2.05) is 6.92 Å². The van der Waals surface area contributed by atoms with E-state index in [4.69, 9.17) is 28.4 Å². The summed E-state index contributed by atoms with van der Waals surface area (Å²) in [7, 11) is 6.31. The van der Waals surface area contributed by atoms with Crippen molar-refractivity contribution in [3.05, 3.63) is 11.5 Å². The first-order valence-electron chi connectivity index (χ1n) is 43.9. The Labute approximate surface area is 655 Å². The van der Waals surface area contributed by atoms with Crippen LogP contribution in [0.2, 0.25) is 0 Å². The molecule has 12 rings (SSSR count). The summed E-state index contributed by atoms with van der Waals surface area (Å²) < 4.78 is 61.5. The van der Waals surface area contributed by atoms with Crippen LogP contribution in [0.3, 0.4) is 0 Å². The van der Waals surface area contributed by atoms with E-state index in [2.05, 4.69) is 104 Å². The first kappa shape index (κ1) is 89.8. The molecule has 38 atom stereocenters. The number of carbonyl (C=O) groups excluding carboxylic acids is 2. The highest BCUT2D eigenvalue weighted by molar-refractivity contribution is 5.75. The van der Waals surface area contributed by atoms with Crippen LogP contribution in [0.15, 0.2) is 11.5 Å². The fraction of sp³-hybridized carbons (Fsp3) is 0.956. The number of aliphatic hydroxyl groups excluding tert-OH is 5. The van der Waals surface area contributed by atoms with Crippen LogP contribution in [0.4, 0.5) is 8.78 Å². The summed E-state index contributed by atoms with van der Waals surface area (Å²) in [5.41, 5.74) is 0.693. The fourth-order valence-corrected chi connectivity index (χ4v) is 31.3. The molecule has 3 radical (unpaired) electrons. The Morgan fingerprint density at radius 2 is 0.898 bits per heavy atom. The number of esters is 2. The highest BCUT2D eigenvalue weighted by atomic mass is 19.1. The zero-order chi connectivity index (χ0) is 78.5. The van der Waals surface area contributed by atoms with Gasteiger partial charge in [0, 0.05) is 22.6 Å². The molecule has 0 bridgehead atoms. The summed E-state index contributed by atoms with van der Waals surface area (Å²) in [5.74, 6) is 9.01. The maximum absolute atomic E-state index is 13.8. The van der Waals surface area contributed by atoms with E-state index in [9.17, 15) is 49.0 Å². The zero-order valence-electron chi connectivity index (χ0n) is 71.2. The van der Waals surface area contributed by atoms with Gasteiger partial charge in [-0.25, -0.2) is 4.39 Å². The van der Waals surface area contributed by atoms with Crippen LogP contribution in [0.25, 0.3) is 0 Å². The summed E-state index contributed by atoms with van der Waals surface area (Å²) >= 11 is 0. The van der Waals surface area contributed by atoms with Crippen molar-refractivity contribution in [1.82, 2.24) is 0 Å². The molecule has 108 heavy (non-hydrogen) atoms. The average Bonchev–Trinajstić information content (AvgIpc) is 1.33. The van der Waals surface area contributed by atoms with E-state index >= 15 is 0 Å². The second-order valence-electron chi connectivity index (χ2n) is 40.8. The molecule has 17 heteroatoms. The van der Waals surface area contributed by atoms with Gasteiger partial charge in [-0.15, -0.1) is 0 Å². The molecular formula is C91H155BF2O14-. The number of allylic oxidation sites excluding steroid dienone is 1. The number of carbonyl (C=O) groups is 2. The summed E-state index contributed by atoms with van der Waals surface area (Å²) in [5, 5.41) is 64.5. The Bertz CT molecular complexity index is 2810. The molecule has 5 N–H and O–H groups in total. The molecule has 12 fully saturated rings. The van der Waals surface area contributed by atoms with Crippen molar-refractivity contribution in [2.24, 2.45) is 192 Å². The van der Waals surface area contributed by atoms with Gasteiger partial charge in [-0.05, 0) is 308 Å².